The summed E-state index contributed by atoms with van der Waals surface area (Å²) in [5.74, 6) is -5.41. The van der Waals surface area contributed by atoms with E-state index >= 15 is 0 Å². The Bertz CT molecular complexity index is 1360. The Hall–Kier alpha value is -4.02. The molecule has 0 bridgehead atoms. The number of nitrogens with zero attached hydrogens (tertiary/aromatic N) is 6. The zero-order valence-electron chi connectivity index (χ0n) is 17.3. The second kappa shape index (κ2) is 7.84. The first-order valence-electron chi connectivity index (χ1n) is 9.99. The van der Waals surface area contributed by atoms with E-state index in [0.29, 0.717) is 23.4 Å². The summed E-state index contributed by atoms with van der Waals surface area (Å²) in [4.78, 5) is 15.9. The van der Waals surface area contributed by atoms with Crippen molar-refractivity contribution in [2.75, 3.05) is 6.54 Å². The molecule has 1 amide bonds. The highest BCUT2D eigenvalue weighted by molar-refractivity contribution is 5.98. The van der Waals surface area contributed by atoms with Crippen LogP contribution in [0.2, 0.25) is 0 Å². The second-order valence-electron chi connectivity index (χ2n) is 7.58. The van der Waals surface area contributed by atoms with Crippen molar-refractivity contribution in [2.45, 2.75) is 13.0 Å². The number of hydrogen-bond donors (Lipinski definition) is 0. The van der Waals surface area contributed by atoms with Crippen LogP contribution < -0.4 is 0 Å². The fourth-order valence-electron chi connectivity index (χ4n) is 4.14. The van der Waals surface area contributed by atoms with Gasteiger partial charge in [-0.2, -0.15) is 20.1 Å². The van der Waals surface area contributed by atoms with Gasteiger partial charge in [-0.05, 0) is 30.7 Å². The Morgan fingerprint density at radius 1 is 1.00 bits per heavy atom. The number of hydrogen-bond acceptors (Lipinski definition) is 4. The molecule has 0 fully saturated rings. The van der Waals surface area contributed by atoms with E-state index in [0.717, 1.165) is 12.1 Å². The Morgan fingerprint density at radius 3 is 2.39 bits per heavy atom. The lowest BCUT2D eigenvalue weighted by molar-refractivity contribution is 0.0727. The first-order chi connectivity index (χ1) is 15.8. The normalized spacial score (nSPS) is 13.3. The molecule has 2 aromatic heterocycles. The highest BCUT2D eigenvalue weighted by Gasteiger charge is 2.31. The van der Waals surface area contributed by atoms with Gasteiger partial charge in [-0.3, -0.25) is 9.48 Å². The summed E-state index contributed by atoms with van der Waals surface area (Å²) >= 11 is 0. The van der Waals surface area contributed by atoms with Crippen molar-refractivity contribution in [1.82, 2.24) is 29.7 Å². The average molecular weight is 456 g/mol. The predicted molar refractivity (Wildman–Crippen MR) is 108 cm³/mol. The topological polar surface area (TPSA) is 68.8 Å². The summed E-state index contributed by atoms with van der Waals surface area (Å²) < 4.78 is 57.1. The molecular formula is C22H16F4N6O. The largest absolute Gasteiger partial charge is 0.332 e. The van der Waals surface area contributed by atoms with Gasteiger partial charge < -0.3 is 4.90 Å². The first-order valence-corrected chi connectivity index (χ1v) is 9.99. The maximum atomic E-state index is 14.7. The van der Waals surface area contributed by atoms with E-state index in [4.69, 9.17) is 0 Å². The third kappa shape index (κ3) is 3.45. The number of carbonyl (C=O) groups excluding carboxylic acids is 1. The van der Waals surface area contributed by atoms with Gasteiger partial charge in [0, 0.05) is 24.7 Å². The standard InChI is InChI=1S/C22H16F4N6O/c1-30-21(12-9-15(24)20(26)16(25)10-12)13-5-8-31(11-17(13)29-30)22(33)19-14(23)3-2-4-18(19)32-27-6-7-28-32/h2-4,6-7,9-10H,5,8,11H2,1H3. The molecule has 0 unspecified atom stereocenters. The van der Waals surface area contributed by atoms with Gasteiger partial charge >= 0.3 is 0 Å². The fraction of sp³-hybridized carbons (Fsp3) is 0.182. The molecule has 3 heterocycles. The average Bonchev–Trinajstić information content (AvgIpc) is 3.43. The fourth-order valence-corrected chi connectivity index (χ4v) is 4.14. The van der Waals surface area contributed by atoms with Crippen molar-refractivity contribution in [3.8, 4) is 16.9 Å². The number of carbonyl (C=O) groups is 1. The molecule has 0 aliphatic carbocycles. The number of aryl methyl sites for hydroxylation is 1. The Balaban J connectivity index is 1.50. The molecule has 0 spiro atoms. The van der Waals surface area contributed by atoms with Crippen molar-refractivity contribution in [3.63, 3.8) is 0 Å². The lowest BCUT2D eigenvalue weighted by Gasteiger charge is -2.27. The van der Waals surface area contributed by atoms with Crippen LogP contribution in [0.15, 0.2) is 42.7 Å². The minimum Gasteiger partial charge on any atom is -0.332 e. The summed E-state index contributed by atoms with van der Waals surface area (Å²) in [6.07, 6.45) is 3.15. The zero-order valence-corrected chi connectivity index (χ0v) is 17.3. The van der Waals surface area contributed by atoms with Crippen LogP contribution in [0.4, 0.5) is 17.6 Å². The minimum absolute atomic E-state index is 0.0640. The van der Waals surface area contributed by atoms with E-state index in [1.807, 2.05) is 0 Å². The monoisotopic (exact) mass is 456 g/mol. The van der Waals surface area contributed by atoms with E-state index < -0.39 is 29.2 Å². The summed E-state index contributed by atoms with van der Waals surface area (Å²) in [5, 5.41) is 12.4. The van der Waals surface area contributed by atoms with Gasteiger partial charge in [-0.1, -0.05) is 6.07 Å². The van der Waals surface area contributed by atoms with Crippen LogP contribution in [0, 0.1) is 23.3 Å². The first kappa shape index (κ1) is 20.9. The Morgan fingerprint density at radius 2 is 1.70 bits per heavy atom. The quantitative estimate of drug-likeness (QED) is 0.350. The van der Waals surface area contributed by atoms with E-state index in [-0.39, 0.29) is 29.9 Å². The summed E-state index contributed by atoms with van der Waals surface area (Å²) in [6, 6.07) is 6.02. The molecule has 4 aromatic rings. The van der Waals surface area contributed by atoms with Crippen molar-refractivity contribution in [2.24, 2.45) is 7.05 Å². The molecule has 1 aliphatic rings. The van der Waals surface area contributed by atoms with Crippen molar-refractivity contribution in [3.05, 3.63) is 82.8 Å². The van der Waals surface area contributed by atoms with Gasteiger partial charge in [-0.15, -0.1) is 0 Å². The molecule has 0 saturated heterocycles. The molecule has 168 valence electrons. The highest BCUT2D eigenvalue weighted by Crippen LogP contribution is 2.32. The number of benzene rings is 2. The summed E-state index contributed by atoms with van der Waals surface area (Å²) in [7, 11) is 1.59. The SMILES string of the molecule is Cn1nc2c(c1-c1cc(F)c(F)c(F)c1)CCN(C(=O)c1c(F)cccc1-n1nccn1)C2. The Kier molecular flexibility index (Phi) is 4.95. The Labute approximate surface area is 184 Å². The van der Waals surface area contributed by atoms with Crippen molar-refractivity contribution >= 4 is 5.91 Å². The lowest BCUT2D eigenvalue weighted by atomic mass is 9.98. The zero-order chi connectivity index (χ0) is 23.3. The number of rotatable bonds is 3. The molecule has 1 aliphatic heterocycles. The van der Waals surface area contributed by atoms with Crippen LogP contribution in [0.25, 0.3) is 16.9 Å². The molecule has 2 aromatic carbocycles. The van der Waals surface area contributed by atoms with Crippen molar-refractivity contribution < 1.29 is 22.4 Å². The number of amides is 1. The maximum absolute atomic E-state index is 14.7. The van der Waals surface area contributed by atoms with E-state index in [1.165, 1.54) is 38.9 Å². The lowest BCUT2D eigenvalue weighted by Crippen LogP contribution is -2.37. The van der Waals surface area contributed by atoms with E-state index in [2.05, 4.69) is 15.3 Å². The van der Waals surface area contributed by atoms with Crippen LogP contribution in [-0.2, 0) is 20.0 Å². The number of fused-ring (bicyclic) bond motifs is 1. The van der Waals surface area contributed by atoms with Crippen LogP contribution in [0.1, 0.15) is 21.6 Å². The van der Waals surface area contributed by atoms with Gasteiger partial charge in [0.1, 0.15) is 17.1 Å². The molecule has 5 rings (SSSR count). The van der Waals surface area contributed by atoms with Gasteiger partial charge in [-0.25, -0.2) is 17.6 Å². The van der Waals surface area contributed by atoms with Gasteiger partial charge in [0.2, 0.25) is 0 Å². The van der Waals surface area contributed by atoms with Crippen LogP contribution >= 0.6 is 0 Å². The molecule has 11 heteroatoms. The summed E-state index contributed by atoms with van der Waals surface area (Å²) in [5.41, 5.74) is 1.80. The minimum atomic E-state index is -1.54. The molecule has 33 heavy (non-hydrogen) atoms. The predicted octanol–water partition coefficient (Wildman–Crippen LogP) is 3.42. The molecular weight excluding hydrogens is 440 g/mol. The number of aromatic nitrogens is 5. The number of halogens is 4. The second-order valence-corrected chi connectivity index (χ2v) is 7.58. The van der Waals surface area contributed by atoms with Gasteiger partial charge in [0.15, 0.2) is 17.5 Å². The smallest absolute Gasteiger partial charge is 0.259 e. The van der Waals surface area contributed by atoms with Crippen molar-refractivity contribution in [1.29, 1.82) is 0 Å². The third-order valence-corrected chi connectivity index (χ3v) is 5.59. The van der Waals surface area contributed by atoms with Gasteiger partial charge in [0.25, 0.3) is 5.91 Å². The molecule has 0 atom stereocenters. The molecule has 0 saturated carbocycles. The highest BCUT2D eigenvalue weighted by atomic mass is 19.2. The van der Waals surface area contributed by atoms with Gasteiger partial charge in [0.05, 0.1) is 30.3 Å². The van der Waals surface area contributed by atoms with Crippen LogP contribution in [-0.4, -0.2) is 42.1 Å². The molecule has 0 N–H and O–H groups in total. The van der Waals surface area contributed by atoms with Crippen LogP contribution in [0.5, 0.6) is 0 Å². The third-order valence-electron chi connectivity index (χ3n) is 5.59. The molecule has 7 nitrogen and oxygen atoms in total. The molecule has 0 radical (unpaired) electrons. The van der Waals surface area contributed by atoms with E-state index in [1.54, 1.807) is 13.1 Å². The maximum Gasteiger partial charge on any atom is 0.259 e. The summed E-state index contributed by atoms with van der Waals surface area (Å²) in [6.45, 7) is 0.283. The van der Waals surface area contributed by atoms with Crippen LogP contribution in [0.3, 0.4) is 0 Å². The van der Waals surface area contributed by atoms with E-state index in [9.17, 15) is 22.4 Å².